The third-order valence-electron chi connectivity index (χ3n) is 2.21. The summed E-state index contributed by atoms with van der Waals surface area (Å²) in [5.41, 5.74) is 1.02. The van der Waals surface area contributed by atoms with Gasteiger partial charge >= 0.3 is 0 Å². The van der Waals surface area contributed by atoms with E-state index in [1.54, 1.807) is 0 Å². The van der Waals surface area contributed by atoms with Gasteiger partial charge in [0.15, 0.2) is 11.5 Å². The Morgan fingerprint density at radius 1 is 1.28 bits per heavy atom. The Balaban J connectivity index is 2.92. The molecule has 1 aromatic carbocycles. The standard InChI is InChI=1S/C14H18ClNO2/c1-4-7-16-10-11-8-12(15)14(18-6-3)13(9-11)17-5-2/h1,8-9,16H,5-7,10H2,2-3H3. The number of ether oxygens (including phenoxy) is 2. The van der Waals surface area contributed by atoms with Gasteiger partial charge < -0.3 is 14.8 Å². The zero-order chi connectivity index (χ0) is 13.4. The van der Waals surface area contributed by atoms with Crippen LogP contribution in [0.2, 0.25) is 5.02 Å². The van der Waals surface area contributed by atoms with Crippen LogP contribution in [0.4, 0.5) is 0 Å². The Bertz CT molecular complexity index is 427. The van der Waals surface area contributed by atoms with Gasteiger partial charge in [0.05, 0.1) is 24.8 Å². The summed E-state index contributed by atoms with van der Waals surface area (Å²) < 4.78 is 11.0. The highest BCUT2D eigenvalue weighted by Crippen LogP contribution is 2.36. The van der Waals surface area contributed by atoms with Crippen molar-refractivity contribution in [2.45, 2.75) is 20.4 Å². The molecule has 0 atom stereocenters. The van der Waals surface area contributed by atoms with E-state index in [0.717, 1.165) is 5.56 Å². The molecule has 1 N–H and O–H groups in total. The second kappa shape index (κ2) is 7.86. The Morgan fingerprint density at radius 3 is 2.61 bits per heavy atom. The van der Waals surface area contributed by atoms with Crippen LogP contribution in [0.3, 0.4) is 0 Å². The van der Waals surface area contributed by atoms with Crippen LogP contribution in [-0.4, -0.2) is 19.8 Å². The molecule has 0 aliphatic rings. The van der Waals surface area contributed by atoms with E-state index in [2.05, 4.69) is 11.2 Å². The highest BCUT2D eigenvalue weighted by Gasteiger charge is 2.11. The van der Waals surface area contributed by atoms with Crippen LogP contribution in [0.25, 0.3) is 0 Å². The summed E-state index contributed by atoms with van der Waals surface area (Å²) in [7, 11) is 0. The zero-order valence-corrected chi connectivity index (χ0v) is 11.5. The van der Waals surface area contributed by atoms with Crippen molar-refractivity contribution in [3.8, 4) is 23.8 Å². The lowest BCUT2D eigenvalue weighted by Gasteiger charge is -2.14. The molecule has 0 spiro atoms. The number of hydrogen-bond donors (Lipinski definition) is 1. The first-order chi connectivity index (χ1) is 8.72. The van der Waals surface area contributed by atoms with E-state index in [1.165, 1.54) is 0 Å². The number of rotatable bonds is 7. The van der Waals surface area contributed by atoms with Crippen LogP contribution in [0.5, 0.6) is 11.5 Å². The number of nitrogens with one attached hydrogen (secondary N) is 1. The van der Waals surface area contributed by atoms with E-state index in [9.17, 15) is 0 Å². The predicted octanol–water partition coefficient (Wildman–Crippen LogP) is 2.86. The van der Waals surface area contributed by atoms with Gasteiger partial charge in [0.25, 0.3) is 0 Å². The van der Waals surface area contributed by atoms with Crippen molar-refractivity contribution >= 4 is 11.6 Å². The fraction of sp³-hybridized carbons (Fsp3) is 0.429. The molecular weight excluding hydrogens is 250 g/mol. The quantitative estimate of drug-likeness (QED) is 0.609. The predicted molar refractivity (Wildman–Crippen MR) is 74.3 cm³/mol. The summed E-state index contributed by atoms with van der Waals surface area (Å²) in [6.07, 6.45) is 5.18. The lowest BCUT2D eigenvalue weighted by Crippen LogP contribution is -2.13. The normalized spacial score (nSPS) is 9.89. The molecule has 0 aliphatic carbocycles. The van der Waals surface area contributed by atoms with E-state index < -0.39 is 0 Å². The van der Waals surface area contributed by atoms with Crippen molar-refractivity contribution in [1.82, 2.24) is 5.32 Å². The minimum Gasteiger partial charge on any atom is -0.490 e. The van der Waals surface area contributed by atoms with Crippen LogP contribution in [-0.2, 0) is 6.54 Å². The monoisotopic (exact) mass is 267 g/mol. The molecule has 0 aromatic heterocycles. The Morgan fingerprint density at radius 2 is 2.00 bits per heavy atom. The fourth-order valence-electron chi connectivity index (χ4n) is 1.55. The molecule has 0 heterocycles. The number of hydrogen-bond acceptors (Lipinski definition) is 3. The molecule has 0 unspecified atom stereocenters. The molecule has 1 aromatic rings. The SMILES string of the molecule is C#CCNCc1cc(Cl)c(OCC)c(OCC)c1. The molecule has 1 rings (SSSR count). The molecule has 98 valence electrons. The lowest BCUT2D eigenvalue weighted by molar-refractivity contribution is 0.287. The highest BCUT2D eigenvalue weighted by molar-refractivity contribution is 6.32. The molecule has 0 saturated heterocycles. The largest absolute Gasteiger partial charge is 0.490 e. The van der Waals surface area contributed by atoms with Crippen molar-refractivity contribution < 1.29 is 9.47 Å². The second-order valence-corrected chi connectivity index (χ2v) is 3.99. The second-order valence-electron chi connectivity index (χ2n) is 3.58. The average molecular weight is 268 g/mol. The Kier molecular flexibility index (Phi) is 6.42. The average Bonchev–Trinajstić information content (AvgIpc) is 2.34. The maximum absolute atomic E-state index is 6.19. The van der Waals surface area contributed by atoms with E-state index in [4.69, 9.17) is 27.5 Å². The highest BCUT2D eigenvalue weighted by atomic mass is 35.5. The molecule has 0 aliphatic heterocycles. The molecule has 0 fully saturated rings. The van der Waals surface area contributed by atoms with E-state index in [0.29, 0.717) is 42.8 Å². The first-order valence-corrected chi connectivity index (χ1v) is 6.32. The Hall–Kier alpha value is -1.37. The van der Waals surface area contributed by atoms with Crippen LogP contribution in [0.1, 0.15) is 19.4 Å². The van der Waals surface area contributed by atoms with Gasteiger partial charge in [-0.3, -0.25) is 0 Å². The molecule has 3 nitrogen and oxygen atoms in total. The number of benzene rings is 1. The first kappa shape index (κ1) is 14.7. The smallest absolute Gasteiger partial charge is 0.179 e. The minimum absolute atomic E-state index is 0.523. The van der Waals surface area contributed by atoms with Crippen molar-refractivity contribution in [3.05, 3.63) is 22.7 Å². The fourth-order valence-corrected chi connectivity index (χ4v) is 1.84. The van der Waals surface area contributed by atoms with E-state index in [-0.39, 0.29) is 0 Å². The van der Waals surface area contributed by atoms with E-state index in [1.807, 2.05) is 26.0 Å². The molecule has 0 saturated carbocycles. The van der Waals surface area contributed by atoms with Crippen molar-refractivity contribution in [3.63, 3.8) is 0 Å². The minimum atomic E-state index is 0.523. The molecule has 4 heteroatoms. The van der Waals surface area contributed by atoms with Crippen molar-refractivity contribution in [2.75, 3.05) is 19.8 Å². The van der Waals surface area contributed by atoms with Gasteiger partial charge in [-0.25, -0.2) is 0 Å². The maximum Gasteiger partial charge on any atom is 0.179 e. The molecule has 18 heavy (non-hydrogen) atoms. The molecular formula is C14H18ClNO2. The molecule has 0 bridgehead atoms. The zero-order valence-electron chi connectivity index (χ0n) is 10.8. The summed E-state index contributed by atoms with van der Waals surface area (Å²) in [5.74, 6) is 3.79. The third kappa shape index (κ3) is 4.14. The van der Waals surface area contributed by atoms with Crippen LogP contribution in [0, 0.1) is 12.3 Å². The molecule has 0 amide bonds. The van der Waals surface area contributed by atoms with Crippen LogP contribution < -0.4 is 14.8 Å². The van der Waals surface area contributed by atoms with Gasteiger partial charge in [-0.2, -0.15) is 0 Å². The first-order valence-electron chi connectivity index (χ1n) is 5.95. The van der Waals surface area contributed by atoms with Gasteiger partial charge in [-0.15, -0.1) is 6.42 Å². The summed E-state index contributed by atoms with van der Waals surface area (Å²) in [6.45, 7) is 6.12. The van der Waals surface area contributed by atoms with Gasteiger partial charge in [-0.05, 0) is 31.5 Å². The summed E-state index contributed by atoms with van der Waals surface area (Å²) >= 11 is 6.19. The Labute approximate surface area is 113 Å². The summed E-state index contributed by atoms with van der Waals surface area (Å²) in [5, 5.41) is 3.66. The van der Waals surface area contributed by atoms with Crippen LogP contribution >= 0.6 is 11.6 Å². The lowest BCUT2D eigenvalue weighted by atomic mass is 10.2. The maximum atomic E-state index is 6.19. The number of terminal acetylenes is 1. The van der Waals surface area contributed by atoms with Crippen molar-refractivity contribution in [2.24, 2.45) is 0 Å². The van der Waals surface area contributed by atoms with E-state index >= 15 is 0 Å². The molecule has 0 radical (unpaired) electrons. The van der Waals surface area contributed by atoms with Crippen LogP contribution in [0.15, 0.2) is 12.1 Å². The van der Waals surface area contributed by atoms with Gasteiger partial charge in [0, 0.05) is 6.54 Å². The summed E-state index contributed by atoms with van der Waals surface area (Å²) in [6, 6.07) is 3.78. The van der Waals surface area contributed by atoms with Gasteiger partial charge in [-0.1, -0.05) is 17.5 Å². The van der Waals surface area contributed by atoms with Gasteiger partial charge in [0.1, 0.15) is 0 Å². The topological polar surface area (TPSA) is 30.5 Å². The number of halogens is 1. The van der Waals surface area contributed by atoms with Crippen molar-refractivity contribution in [1.29, 1.82) is 0 Å². The summed E-state index contributed by atoms with van der Waals surface area (Å²) in [4.78, 5) is 0. The van der Waals surface area contributed by atoms with Gasteiger partial charge in [0.2, 0.25) is 0 Å². The third-order valence-corrected chi connectivity index (χ3v) is 2.49.